The first kappa shape index (κ1) is 13.0. The maximum Gasteiger partial charge on any atom is 0.242 e. The summed E-state index contributed by atoms with van der Waals surface area (Å²) in [5.41, 5.74) is 0. The average Bonchev–Trinajstić information content (AvgIpc) is 2.18. The summed E-state index contributed by atoms with van der Waals surface area (Å²) in [4.78, 5) is 0.268. The molecule has 1 aromatic carbocycles. The number of sulfonamides is 1. The van der Waals surface area contributed by atoms with Gasteiger partial charge in [0.05, 0.1) is 4.90 Å². The molecule has 0 aliphatic rings. The van der Waals surface area contributed by atoms with Crippen molar-refractivity contribution in [3.05, 3.63) is 28.7 Å². The third-order valence-corrected chi connectivity index (χ3v) is 4.42. The molecule has 0 saturated heterocycles. The van der Waals surface area contributed by atoms with Gasteiger partial charge in [-0.15, -0.1) is 11.6 Å². The van der Waals surface area contributed by atoms with E-state index in [-0.39, 0.29) is 10.8 Å². The molecule has 0 bridgehead atoms. The number of hydrogen-bond acceptors (Lipinski definition) is 2. The van der Waals surface area contributed by atoms with E-state index in [1.807, 2.05) is 0 Å². The van der Waals surface area contributed by atoms with Crippen molar-refractivity contribution < 1.29 is 8.42 Å². The topological polar surface area (TPSA) is 37.4 Å². The van der Waals surface area contributed by atoms with E-state index in [0.29, 0.717) is 6.54 Å². The van der Waals surface area contributed by atoms with Crippen LogP contribution in [0.3, 0.4) is 0 Å². The lowest BCUT2D eigenvalue weighted by molar-refractivity contribution is 0.488. The second-order valence-electron chi connectivity index (χ2n) is 2.97. The zero-order chi connectivity index (χ0) is 11.5. The van der Waals surface area contributed by atoms with Gasteiger partial charge < -0.3 is 0 Å². The molecule has 0 unspecified atom stereocenters. The molecule has 0 saturated carbocycles. The van der Waals surface area contributed by atoms with Crippen molar-refractivity contribution in [2.45, 2.75) is 4.90 Å². The molecule has 0 radical (unpaired) electrons. The number of halogens is 2. The Hall–Kier alpha value is -0.100. The van der Waals surface area contributed by atoms with E-state index >= 15 is 0 Å². The minimum absolute atomic E-state index is 0.268. The van der Waals surface area contributed by atoms with E-state index in [2.05, 4.69) is 15.9 Å². The number of benzene rings is 1. The van der Waals surface area contributed by atoms with Crippen LogP contribution in [0.15, 0.2) is 33.6 Å². The molecule has 15 heavy (non-hydrogen) atoms. The predicted molar refractivity (Wildman–Crippen MR) is 64.7 cm³/mol. The Balaban J connectivity index is 3.06. The van der Waals surface area contributed by atoms with E-state index in [0.717, 1.165) is 4.47 Å². The first-order chi connectivity index (χ1) is 6.98. The molecule has 0 amide bonds. The molecule has 0 aromatic heterocycles. The molecule has 0 fully saturated rings. The zero-order valence-corrected chi connectivity index (χ0v) is 11.3. The highest BCUT2D eigenvalue weighted by Crippen LogP contribution is 2.18. The lowest BCUT2D eigenvalue weighted by atomic mass is 10.4. The lowest BCUT2D eigenvalue weighted by Gasteiger charge is -2.15. The minimum atomic E-state index is -3.40. The Morgan fingerprint density at radius 2 is 2.13 bits per heavy atom. The van der Waals surface area contributed by atoms with Crippen LogP contribution in [0.2, 0.25) is 0 Å². The second-order valence-corrected chi connectivity index (χ2v) is 6.31. The van der Waals surface area contributed by atoms with Crippen molar-refractivity contribution in [2.24, 2.45) is 0 Å². The fourth-order valence-corrected chi connectivity index (χ4v) is 3.17. The van der Waals surface area contributed by atoms with Gasteiger partial charge in [-0.1, -0.05) is 22.0 Å². The van der Waals surface area contributed by atoms with Gasteiger partial charge in [0.25, 0.3) is 0 Å². The van der Waals surface area contributed by atoms with E-state index < -0.39 is 10.0 Å². The molecule has 84 valence electrons. The Kier molecular flexibility index (Phi) is 4.58. The van der Waals surface area contributed by atoms with Gasteiger partial charge in [0, 0.05) is 23.9 Å². The van der Waals surface area contributed by atoms with Gasteiger partial charge in [-0.2, -0.15) is 4.31 Å². The van der Waals surface area contributed by atoms with Crippen LogP contribution >= 0.6 is 27.5 Å². The molecular weight excluding hydrogens is 302 g/mol. The first-order valence-corrected chi connectivity index (χ1v) is 7.03. The number of hydrogen-bond donors (Lipinski definition) is 0. The van der Waals surface area contributed by atoms with Crippen molar-refractivity contribution in [3.8, 4) is 0 Å². The third kappa shape index (κ3) is 3.17. The summed E-state index contributed by atoms with van der Waals surface area (Å²) < 4.78 is 25.8. The van der Waals surface area contributed by atoms with E-state index in [4.69, 9.17) is 11.6 Å². The van der Waals surface area contributed by atoms with Crippen LogP contribution in [0.25, 0.3) is 0 Å². The van der Waals surface area contributed by atoms with E-state index in [9.17, 15) is 8.42 Å². The molecule has 3 nitrogen and oxygen atoms in total. The van der Waals surface area contributed by atoms with Gasteiger partial charge >= 0.3 is 0 Å². The number of nitrogens with zero attached hydrogens (tertiary/aromatic N) is 1. The van der Waals surface area contributed by atoms with Gasteiger partial charge in [-0.25, -0.2) is 8.42 Å². The van der Waals surface area contributed by atoms with E-state index in [1.54, 1.807) is 24.3 Å². The number of rotatable bonds is 4. The largest absolute Gasteiger partial charge is 0.242 e. The maximum atomic E-state index is 11.9. The van der Waals surface area contributed by atoms with Crippen LogP contribution in [0.5, 0.6) is 0 Å². The fraction of sp³-hybridized carbons (Fsp3) is 0.333. The fourth-order valence-electron chi connectivity index (χ4n) is 1.05. The van der Waals surface area contributed by atoms with Crippen molar-refractivity contribution in [2.75, 3.05) is 19.5 Å². The lowest BCUT2D eigenvalue weighted by Crippen LogP contribution is -2.28. The predicted octanol–water partition coefficient (Wildman–Crippen LogP) is 2.31. The van der Waals surface area contributed by atoms with Crippen LogP contribution < -0.4 is 0 Å². The van der Waals surface area contributed by atoms with Crippen LogP contribution in [0, 0.1) is 0 Å². The zero-order valence-electron chi connectivity index (χ0n) is 8.15. The van der Waals surface area contributed by atoms with Crippen LogP contribution in [0.4, 0.5) is 0 Å². The monoisotopic (exact) mass is 311 g/mol. The van der Waals surface area contributed by atoms with Crippen molar-refractivity contribution in [1.29, 1.82) is 0 Å². The summed E-state index contributed by atoms with van der Waals surface area (Å²) >= 11 is 8.74. The highest BCUT2D eigenvalue weighted by atomic mass is 79.9. The van der Waals surface area contributed by atoms with Crippen LogP contribution in [-0.4, -0.2) is 32.2 Å². The molecule has 1 rings (SSSR count). The average molecular weight is 313 g/mol. The van der Waals surface area contributed by atoms with Gasteiger partial charge in [-0.05, 0) is 18.2 Å². The normalized spacial score (nSPS) is 12.0. The molecule has 6 heteroatoms. The molecule has 0 heterocycles. The van der Waals surface area contributed by atoms with Crippen molar-refractivity contribution in [1.82, 2.24) is 4.31 Å². The summed E-state index contributed by atoms with van der Waals surface area (Å²) in [5, 5.41) is 0. The molecule has 0 N–H and O–H groups in total. The molecular formula is C9H11BrClNO2S. The third-order valence-electron chi connectivity index (χ3n) is 1.90. The SMILES string of the molecule is CN(CCCl)S(=O)(=O)c1cccc(Br)c1. The quantitative estimate of drug-likeness (QED) is 0.800. The van der Waals surface area contributed by atoms with Crippen molar-refractivity contribution >= 4 is 37.6 Å². The van der Waals surface area contributed by atoms with Crippen molar-refractivity contribution in [3.63, 3.8) is 0 Å². The molecule has 0 aliphatic carbocycles. The smallest absolute Gasteiger partial charge is 0.207 e. The Morgan fingerprint density at radius 1 is 1.47 bits per heavy atom. The van der Waals surface area contributed by atoms with Gasteiger partial charge in [0.1, 0.15) is 0 Å². The Bertz CT molecular complexity index is 435. The summed E-state index contributed by atoms with van der Waals surface area (Å²) in [6, 6.07) is 6.59. The maximum absolute atomic E-state index is 11.9. The molecule has 1 aromatic rings. The highest BCUT2D eigenvalue weighted by molar-refractivity contribution is 9.10. The first-order valence-electron chi connectivity index (χ1n) is 4.26. The Labute approximate surface area is 103 Å². The number of alkyl halides is 1. The second kappa shape index (κ2) is 5.30. The van der Waals surface area contributed by atoms with Gasteiger partial charge in [-0.3, -0.25) is 0 Å². The van der Waals surface area contributed by atoms with Crippen LogP contribution in [0.1, 0.15) is 0 Å². The standard InChI is InChI=1S/C9H11BrClNO2S/c1-12(6-5-11)15(13,14)9-4-2-3-8(10)7-9/h2-4,7H,5-6H2,1H3. The highest BCUT2D eigenvalue weighted by Gasteiger charge is 2.19. The van der Waals surface area contributed by atoms with Crippen LogP contribution in [-0.2, 0) is 10.0 Å². The summed E-state index contributed by atoms with van der Waals surface area (Å²) in [6.07, 6.45) is 0. The summed E-state index contributed by atoms with van der Waals surface area (Å²) in [6.45, 7) is 0.302. The molecule has 0 spiro atoms. The van der Waals surface area contributed by atoms with Gasteiger partial charge in [0.2, 0.25) is 10.0 Å². The molecule has 0 atom stereocenters. The minimum Gasteiger partial charge on any atom is -0.207 e. The Morgan fingerprint density at radius 3 is 2.67 bits per heavy atom. The van der Waals surface area contributed by atoms with Gasteiger partial charge in [0.15, 0.2) is 0 Å². The summed E-state index contributed by atoms with van der Waals surface area (Å²) in [5.74, 6) is 0.281. The molecule has 0 aliphatic heterocycles. The van der Waals surface area contributed by atoms with E-state index in [1.165, 1.54) is 11.4 Å². The summed E-state index contributed by atoms with van der Waals surface area (Å²) in [7, 11) is -1.89.